The van der Waals surface area contributed by atoms with Gasteiger partial charge in [0.15, 0.2) is 0 Å². The van der Waals surface area contributed by atoms with Crippen molar-refractivity contribution in [3.63, 3.8) is 0 Å². The van der Waals surface area contributed by atoms with Crippen LogP contribution in [0.1, 0.15) is 34.9 Å². The van der Waals surface area contributed by atoms with E-state index in [2.05, 4.69) is 38.5 Å². The van der Waals surface area contributed by atoms with Gasteiger partial charge in [0.1, 0.15) is 17.0 Å². The number of anilines is 2. The largest absolute Gasteiger partial charge is 0.466 e. The molecule has 0 saturated heterocycles. The number of nitrogens with zero attached hydrogens (tertiary/aromatic N) is 3. The van der Waals surface area contributed by atoms with Crippen LogP contribution in [0.5, 0.6) is 0 Å². The number of rotatable bonds is 4. The first-order valence-electron chi connectivity index (χ1n) is 9.54. The lowest BCUT2D eigenvalue weighted by molar-refractivity contribution is -0.148. The first kappa shape index (κ1) is 17.3. The molecule has 1 atom stereocenters. The molecule has 0 radical (unpaired) electrons. The van der Waals surface area contributed by atoms with Crippen LogP contribution >= 0.6 is 11.3 Å². The van der Waals surface area contributed by atoms with Crippen LogP contribution in [0, 0.1) is 5.92 Å². The number of carbonyl (C=O) groups excluding carboxylic acids is 1. The standard InChI is InChI=1S/C21H20N4O2S/c1-2-27-21(26)12-4-6-16-17(8-12)28-20-18(16)19(23-11-24-20)25-15-5-3-13-9-22-10-14(13)7-15/h3,5,7,10-12H,2,4,6,8-9H2,1H3,(H,23,24,25). The number of benzene rings is 1. The summed E-state index contributed by atoms with van der Waals surface area (Å²) in [7, 11) is 0. The first-order chi connectivity index (χ1) is 13.7. The van der Waals surface area contributed by atoms with E-state index in [-0.39, 0.29) is 11.9 Å². The van der Waals surface area contributed by atoms with Crippen LogP contribution in [0.3, 0.4) is 0 Å². The molecule has 2 aromatic heterocycles. The summed E-state index contributed by atoms with van der Waals surface area (Å²) < 4.78 is 5.22. The van der Waals surface area contributed by atoms with Gasteiger partial charge in [0.05, 0.1) is 24.5 Å². The minimum Gasteiger partial charge on any atom is -0.466 e. The molecule has 0 saturated carbocycles. The Balaban J connectivity index is 1.48. The van der Waals surface area contributed by atoms with Crippen molar-refractivity contribution in [3.8, 4) is 0 Å². The summed E-state index contributed by atoms with van der Waals surface area (Å²) in [5, 5.41) is 4.55. The minimum absolute atomic E-state index is 0.0547. The number of hydrogen-bond donors (Lipinski definition) is 1. The molecule has 28 heavy (non-hydrogen) atoms. The summed E-state index contributed by atoms with van der Waals surface area (Å²) in [5.41, 5.74) is 4.66. The number of nitrogens with one attached hydrogen (secondary N) is 1. The van der Waals surface area contributed by atoms with Gasteiger partial charge in [-0.15, -0.1) is 11.3 Å². The normalized spacial score (nSPS) is 17.4. The van der Waals surface area contributed by atoms with Gasteiger partial charge in [-0.2, -0.15) is 0 Å². The zero-order valence-corrected chi connectivity index (χ0v) is 16.4. The highest BCUT2D eigenvalue weighted by atomic mass is 32.1. The van der Waals surface area contributed by atoms with E-state index in [4.69, 9.17) is 4.74 Å². The van der Waals surface area contributed by atoms with Crippen LogP contribution in [0.4, 0.5) is 11.5 Å². The topological polar surface area (TPSA) is 76.5 Å². The van der Waals surface area contributed by atoms with Crippen LogP contribution in [0.2, 0.25) is 0 Å². The van der Waals surface area contributed by atoms with E-state index in [1.54, 1.807) is 17.7 Å². The molecule has 1 N–H and O–H groups in total. The molecular weight excluding hydrogens is 372 g/mol. The van der Waals surface area contributed by atoms with Gasteiger partial charge in [-0.05, 0) is 55.0 Å². The average Bonchev–Trinajstić information content (AvgIpc) is 3.31. The molecule has 6 nitrogen and oxygen atoms in total. The first-order valence-corrected chi connectivity index (χ1v) is 10.4. The lowest BCUT2D eigenvalue weighted by atomic mass is 9.88. The minimum atomic E-state index is -0.0881. The molecule has 1 aromatic carbocycles. The summed E-state index contributed by atoms with van der Waals surface area (Å²) in [5.74, 6) is 0.683. The number of carbonyl (C=O) groups is 1. The van der Waals surface area contributed by atoms with E-state index in [1.807, 2.05) is 13.1 Å². The van der Waals surface area contributed by atoms with Gasteiger partial charge in [0.2, 0.25) is 0 Å². The summed E-state index contributed by atoms with van der Waals surface area (Å²) in [4.78, 5) is 27.7. The number of thiophene rings is 1. The van der Waals surface area contributed by atoms with Crippen LogP contribution in [0.25, 0.3) is 10.2 Å². The van der Waals surface area contributed by atoms with E-state index >= 15 is 0 Å². The average molecular weight is 392 g/mol. The smallest absolute Gasteiger partial charge is 0.309 e. The van der Waals surface area contributed by atoms with E-state index in [1.165, 1.54) is 16.0 Å². The number of aliphatic imine (C=N–C) groups is 1. The summed E-state index contributed by atoms with van der Waals surface area (Å²) in [6.07, 6.45) is 5.89. The quantitative estimate of drug-likeness (QED) is 0.678. The van der Waals surface area contributed by atoms with E-state index in [0.29, 0.717) is 6.61 Å². The Morgan fingerprint density at radius 1 is 1.36 bits per heavy atom. The fourth-order valence-electron chi connectivity index (χ4n) is 3.98. The van der Waals surface area contributed by atoms with Gasteiger partial charge >= 0.3 is 5.97 Å². The number of ether oxygens (including phenoxy) is 1. The van der Waals surface area contributed by atoms with Gasteiger partial charge in [-0.1, -0.05) is 6.07 Å². The monoisotopic (exact) mass is 392 g/mol. The highest BCUT2D eigenvalue weighted by molar-refractivity contribution is 7.19. The lowest BCUT2D eigenvalue weighted by Crippen LogP contribution is -2.23. The SMILES string of the molecule is CCOC(=O)C1CCc2c(sc3ncnc(Nc4ccc5c(c4)C=NC5)c23)C1. The van der Waals surface area contributed by atoms with Crippen molar-refractivity contribution in [3.05, 3.63) is 46.1 Å². The molecule has 142 valence electrons. The van der Waals surface area contributed by atoms with Crippen LogP contribution in [-0.4, -0.2) is 28.8 Å². The molecule has 1 aliphatic carbocycles. The molecule has 3 heterocycles. The van der Waals surface area contributed by atoms with Crippen molar-refractivity contribution in [1.82, 2.24) is 9.97 Å². The number of aromatic nitrogens is 2. The Hall–Kier alpha value is -2.80. The number of hydrogen-bond acceptors (Lipinski definition) is 7. The van der Waals surface area contributed by atoms with Gasteiger partial charge < -0.3 is 10.1 Å². The van der Waals surface area contributed by atoms with Gasteiger partial charge in [-0.25, -0.2) is 9.97 Å². The molecule has 5 rings (SSSR count). The van der Waals surface area contributed by atoms with Crippen molar-refractivity contribution in [2.75, 3.05) is 11.9 Å². The number of aryl methyl sites for hydroxylation is 1. The Bertz CT molecular complexity index is 1110. The second kappa shape index (κ2) is 6.98. The van der Waals surface area contributed by atoms with E-state index in [9.17, 15) is 4.79 Å². The third kappa shape index (κ3) is 2.96. The lowest BCUT2D eigenvalue weighted by Gasteiger charge is -2.20. The summed E-state index contributed by atoms with van der Waals surface area (Å²) in [6, 6.07) is 6.28. The Morgan fingerprint density at radius 2 is 2.29 bits per heavy atom. The van der Waals surface area contributed by atoms with E-state index in [0.717, 1.165) is 53.1 Å². The molecule has 0 spiro atoms. The molecule has 0 bridgehead atoms. The summed E-state index contributed by atoms with van der Waals surface area (Å²) in [6.45, 7) is 3.04. The van der Waals surface area contributed by atoms with Gasteiger partial charge in [-0.3, -0.25) is 9.79 Å². The van der Waals surface area contributed by atoms with Crippen molar-refractivity contribution < 1.29 is 9.53 Å². The van der Waals surface area contributed by atoms with Crippen molar-refractivity contribution in [2.24, 2.45) is 10.9 Å². The van der Waals surface area contributed by atoms with Crippen LogP contribution in [-0.2, 0) is 28.9 Å². The van der Waals surface area contributed by atoms with E-state index < -0.39 is 0 Å². The fourth-order valence-corrected chi connectivity index (χ4v) is 5.25. The predicted octanol–water partition coefficient (Wildman–Crippen LogP) is 4.04. The molecule has 1 unspecified atom stereocenters. The molecule has 0 fully saturated rings. The fraction of sp³-hybridized carbons (Fsp3) is 0.333. The van der Waals surface area contributed by atoms with Gasteiger partial charge in [0.25, 0.3) is 0 Å². The van der Waals surface area contributed by atoms with Crippen molar-refractivity contribution in [1.29, 1.82) is 0 Å². The van der Waals surface area contributed by atoms with Gasteiger partial charge in [0, 0.05) is 16.8 Å². The molecule has 3 aromatic rings. The Labute approximate surface area is 166 Å². The number of fused-ring (bicyclic) bond motifs is 4. The highest BCUT2D eigenvalue weighted by Crippen LogP contribution is 2.40. The van der Waals surface area contributed by atoms with Crippen LogP contribution < -0.4 is 5.32 Å². The van der Waals surface area contributed by atoms with Crippen molar-refractivity contribution >= 4 is 45.2 Å². The van der Waals surface area contributed by atoms with Crippen LogP contribution in [0.15, 0.2) is 29.5 Å². The third-order valence-corrected chi connectivity index (χ3v) is 6.53. The van der Waals surface area contributed by atoms with Crippen molar-refractivity contribution in [2.45, 2.75) is 32.7 Å². The highest BCUT2D eigenvalue weighted by Gasteiger charge is 2.29. The zero-order valence-electron chi connectivity index (χ0n) is 15.6. The number of esters is 1. The molecular formula is C21H20N4O2S. The molecule has 2 aliphatic rings. The third-order valence-electron chi connectivity index (χ3n) is 5.37. The maximum Gasteiger partial charge on any atom is 0.309 e. The molecule has 1 aliphatic heterocycles. The predicted molar refractivity (Wildman–Crippen MR) is 111 cm³/mol. The maximum atomic E-state index is 12.2. The molecule has 7 heteroatoms. The zero-order chi connectivity index (χ0) is 19.1. The maximum absolute atomic E-state index is 12.2. The second-order valence-electron chi connectivity index (χ2n) is 7.11. The molecule has 0 amide bonds. The Kier molecular flexibility index (Phi) is 4.31. The Morgan fingerprint density at radius 3 is 3.18 bits per heavy atom. The summed E-state index contributed by atoms with van der Waals surface area (Å²) >= 11 is 1.66. The second-order valence-corrected chi connectivity index (χ2v) is 8.19.